The topological polar surface area (TPSA) is 0 Å². The van der Waals surface area contributed by atoms with Gasteiger partial charge in [0, 0.05) is 17.1 Å². The van der Waals surface area contributed by atoms with Crippen LogP contribution in [0.1, 0.15) is 0 Å². The SMILES string of the molecule is [Mn].[S]=[Mo]=[S]. The molecule has 0 rings (SSSR count). The van der Waals surface area contributed by atoms with Crippen LogP contribution in [0.4, 0.5) is 0 Å². The molecule has 0 atom stereocenters. The molecule has 0 saturated heterocycles. The Bertz CT molecular complexity index is 27.0. The summed E-state index contributed by atoms with van der Waals surface area (Å²) in [6.45, 7) is 0. The zero-order valence-electron chi connectivity index (χ0n) is 1.60. The van der Waals surface area contributed by atoms with Crippen molar-refractivity contribution < 1.29 is 32.0 Å². The maximum absolute atomic E-state index is 4.34. The molecule has 4 heteroatoms. The Morgan fingerprint density at radius 3 is 1.25 bits per heavy atom. The van der Waals surface area contributed by atoms with Gasteiger partial charge in [-0.2, -0.15) is 0 Å². The molecule has 0 N–H and O–H groups in total. The zero-order chi connectivity index (χ0) is 2.71. The van der Waals surface area contributed by atoms with Crippen molar-refractivity contribution in [3.8, 4) is 0 Å². The molecule has 0 aromatic rings. The van der Waals surface area contributed by atoms with Gasteiger partial charge in [0.05, 0.1) is 0 Å². The van der Waals surface area contributed by atoms with E-state index in [2.05, 4.69) is 19.6 Å². The molecular formula is MnMoS2. The van der Waals surface area contributed by atoms with Gasteiger partial charge in [-0.05, 0) is 0 Å². The Labute approximate surface area is 51.2 Å². The summed E-state index contributed by atoms with van der Waals surface area (Å²) in [6.07, 6.45) is 0. The van der Waals surface area contributed by atoms with Crippen LogP contribution in [0.2, 0.25) is 0 Å². The molecule has 0 unspecified atom stereocenters. The molecule has 0 nitrogen and oxygen atoms in total. The summed E-state index contributed by atoms with van der Waals surface area (Å²) in [6, 6.07) is 0. The Morgan fingerprint density at radius 2 is 1.25 bits per heavy atom. The first kappa shape index (κ1) is 9.17. The third-order valence-electron chi connectivity index (χ3n) is 0. The van der Waals surface area contributed by atoms with Crippen molar-refractivity contribution in [2.24, 2.45) is 0 Å². The van der Waals surface area contributed by atoms with Crippen LogP contribution in [0.3, 0.4) is 0 Å². The van der Waals surface area contributed by atoms with E-state index in [-0.39, 0.29) is 32.0 Å². The van der Waals surface area contributed by atoms with E-state index in [0.717, 1.165) is 0 Å². The Kier molecular flexibility index (Phi) is 20.2. The molecule has 0 fully saturated rings. The van der Waals surface area contributed by atoms with Gasteiger partial charge in [0.25, 0.3) is 0 Å². The molecule has 0 amide bonds. The maximum atomic E-state index is 4.34. The van der Waals surface area contributed by atoms with Crippen molar-refractivity contribution in [1.29, 1.82) is 0 Å². The zero-order valence-corrected chi connectivity index (χ0v) is 6.42. The Balaban J connectivity index is 0. The summed E-state index contributed by atoms with van der Waals surface area (Å²) in [5.74, 6) is 0. The Hall–Kier alpha value is 1.65. The van der Waals surface area contributed by atoms with E-state index in [0.29, 0.717) is 0 Å². The average Bonchev–Trinajstić information content (AvgIpc) is 0.918. The van der Waals surface area contributed by atoms with Crippen LogP contribution in [0.25, 0.3) is 0 Å². The van der Waals surface area contributed by atoms with Crippen LogP contribution >= 0.6 is 19.6 Å². The molecule has 0 aliphatic rings. The van der Waals surface area contributed by atoms with Crippen molar-refractivity contribution in [2.75, 3.05) is 0 Å². The quantitative estimate of drug-likeness (QED) is 0.558. The van der Waals surface area contributed by atoms with Crippen molar-refractivity contribution in [1.82, 2.24) is 0 Å². The van der Waals surface area contributed by atoms with Gasteiger partial charge in [0.1, 0.15) is 0 Å². The van der Waals surface area contributed by atoms with E-state index >= 15 is 0 Å². The van der Waals surface area contributed by atoms with E-state index in [1.54, 1.807) is 0 Å². The predicted molar refractivity (Wildman–Crippen MR) is 15.2 cm³/mol. The first-order chi connectivity index (χ1) is 1.41. The van der Waals surface area contributed by atoms with Crippen LogP contribution in [0.15, 0.2) is 0 Å². The van der Waals surface area contributed by atoms with E-state index in [9.17, 15) is 0 Å². The normalized spacial score (nSPS) is 3.00. The molecular weight excluding hydrogens is 215 g/mol. The van der Waals surface area contributed by atoms with E-state index < -0.39 is 0 Å². The van der Waals surface area contributed by atoms with Crippen LogP contribution in [0.5, 0.6) is 0 Å². The second-order valence-corrected chi connectivity index (χ2v) is 3.62. The Morgan fingerprint density at radius 1 is 1.25 bits per heavy atom. The van der Waals surface area contributed by atoms with Crippen LogP contribution < -0.4 is 0 Å². The van der Waals surface area contributed by atoms with Gasteiger partial charge in [-0.25, -0.2) is 0 Å². The summed E-state index contributed by atoms with van der Waals surface area (Å²) < 4.78 is 0. The van der Waals surface area contributed by atoms with Gasteiger partial charge in [0.2, 0.25) is 0 Å². The second-order valence-electron chi connectivity index (χ2n) is 0.0680. The van der Waals surface area contributed by atoms with Crippen molar-refractivity contribution in [2.45, 2.75) is 0 Å². The summed E-state index contributed by atoms with van der Waals surface area (Å²) >= 11 is -0.363. The molecule has 25 valence electrons. The van der Waals surface area contributed by atoms with Crippen LogP contribution in [-0.2, 0) is 32.0 Å². The average molecular weight is 215 g/mol. The van der Waals surface area contributed by atoms with Crippen molar-refractivity contribution >= 4 is 19.6 Å². The summed E-state index contributed by atoms with van der Waals surface area (Å²) in [7, 11) is 8.68. The van der Waals surface area contributed by atoms with Crippen molar-refractivity contribution in [3.63, 3.8) is 0 Å². The number of hydrogen-bond acceptors (Lipinski definition) is 2. The molecule has 0 heterocycles. The van der Waals surface area contributed by atoms with Crippen LogP contribution in [0, 0.1) is 0 Å². The fourth-order valence-electron chi connectivity index (χ4n) is 0. The third kappa shape index (κ3) is 9.42. The first-order valence-corrected chi connectivity index (χ1v) is 5.92. The summed E-state index contributed by atoms with van der Waals surface area (Å²) in [5.41, 5.74) is 0. The van der Waals surface area contributed by atoms with Gasteiger partial charge < -0.3 is 0 Å². The van der Waals surface area contributed by atoms with Gasteiger partial charge in [0.15, 0.2) is 0 Å². The van der Waals surface area contributed by atoms with Gasteiger partial charge in [-0.1, -0.05) is 0 Å². The first-order valence-electron chi connectivity index (χ1n) is 0.333. The minimum absolute atomic E-state index is 0. The fourth-order valence-corrected chi connectivity index (χ4v) is 0. The molecule has 0 aliphatic carbocycles. The van der Waals surface area contributed by atoms with Gasteiger partial charge >= 0.3 is 34.6 Å². The molecule has 0 aromatic heterocycles. The molecule has 0 spiro atoms. The summed E-state index contributed by atoms with van der Waals surface area (Å²) in [4.78, 5) is 0. The van der Waals surface area contributed by atoms with Gasteiger partial charge in [-0.15, -0.1) is 0 Å². The van der Waals surface area contributed by atoms with E-state index in [1.807, 2.05) is 0 Å². The monoisotopic (exact) mass is 217 g/mol. The van der Waals surface area contributed by atoms with E-state index in [4.69, 9.17) is 0 Å². The number of rotatable bonds is 0. The van der Waals surface area contributed by atoms with Crippen LogP contribution in [-0.4, -0.2) is 0 Å². The summed E-state index contributed by atoms with van der Waals surface area (Å²) in [5, 5.41) is 0. The molecule has 0 aromatic carbocycles. The third-order valence-corrected chi connectivity index (χ3v) is 0. The fraction of sp³-hybridized carbons (Fsp3) is 0. The number of hydrogen-bond donors (Lipinski definition) is 0. The molecule has 4 heavy (non-hydrogen) atoms. The predicted octanol–water partition coefficient (Wildman–Crippen LogP) is 1.29. The van der Waals surface area contributed by atoms with Crippen molar-refractivity contribution in [3.05, 3.63) is 0 Å². The molecule has 0 bridgehead atoms. The molecule has 1 radical (unpaired) electrons. The molecule has 0 saturated carbocycles. The van der Waals surface area contributed by atoms with Gasteiger partial charge in [-0.3, -0.25) is 0 Å². The minimum atomic E-state index is -0.363. The second kappa shape index (κ2) is 8.82. The molecule has 0 aliphatic heterocycles. The standard InChI is InChI=1S/Mn.Mo.2S. The van der Waals surface area contributed by atoms with E-state index in [1.165, 1.54) is 0 Å².